The number of allylic oxidation sites excluding steroid dienone is 3. The molecule has 0 saturated carbocycles. The number of methoxy groups -OCH3 is 1. The summed E-state index contributed by atoms with van der Waals surface area (Å²) in [6.45, 7) is 2.21. The summed E-state index contributed by atoms with van der Waals surface area (Å²) < 4.78 is 5.24. The summed E-state index contributed by atoms with van der Waals surface area (Å²) in [5.41, 5.74) is 1.00. The largest absolute Gasteiger partial charge is 0.501 e. The Morgan fingerprint density at radius 3 is 2.88 bits per heavy atom. The third-order valence-electron chi connectivity index (χ3n) is 3.04. The molecule has 0 unspecified atom stereocenters. The molecule has 0 bridgehead atoms. The number of hydrogen-bond donors (Lipinski definition) is 0. The van der Waals surface area contributed by atoms with Crippen LogP contribution in [0.2, 0.25) is 0 Å². The fourth-order valence-electron chi connectivity index (χ4n) is 2.07. The highest BCUT2D eigenvalue weighted by atomic mass is 16.5. The number of piperazine rings is 1. The van der Waals surface area contributed by atoms with Crippen molar-refractivity contribution in [1.29, 1.82) is 0 Å². The zero-order chi connectivity index (χ0) is 11.5. The molecule has 0 spiro atoms. The van der Waals surface area contributed by atoms with Crippen molar-refractivity contribution in [3.8, 4) is 0 Å². The number of carbonyl (C=O) groups is 1. The van der Waals surface area contributed by atoms with Gasteiger partial charge in [-0.2, -0.15) is 0 Å². The summed E-state index contributed by atoms with van der Waals surface area (Å²) in [5, 5.41) is 0. The van der Waals surface area contributed by atoms with Crippen LogP contribution in [0.1, 0.15) is 12.8 Å². The molecule has 2 aliphatic rings. The maximum atomic E-state index is 11.9. The Balaban J connectivity index is 2.10. The Morgan fingerprint density at radius 2 is 2.19 bits per heavy atom. The monoisotopic (exact) mass is 222 g/mol. The molecule has 1 heterocycles. The van der Waals surface area contributed by atoms with Gasteiger partial charge in [-0.25, -0.2) is 0 Å². The van der Waals surface area contributed by atoms with Crippen molar-refractivity contribution >= 4 is 5.91 Å². The van der Waals surface area contributed by atoms with Crippen molar-refractivity contribution in [2.24, 2.45) is 0 Å². The molecule has 0 N–H and O–H groups in total. The van der Waals surface area contributed by atoms with Crippen LogP contribution < -0.4 is 0 Å². The maximum absolute atomic E-state index is 11.9. The Kier molecular flexibility index (Phi) is 3.29. The third-order valence-corrected chi connectivity index (χ3v) is 3.04. The van der Waals surface area contributed by atoms with E-state index in [1.54, 1.807) is 7.11 Å². The first-order valence-corrected chi connectivity index (χ1v) is 5.64. The van der Waals surface area contributed by atoms with Gasteiger partial charge in [0.1, 0.15) is 0 Å². The van der Waals surface area contributed by atoms with Gasteiger partial charge in [0.05, 0.1) is 19.4 Å². The Morgan fingerprint density at radius 1 is 1.38 bits per heavy atom. The molecular weight excluding hydrogens is 204 g/mol. The molecule has 4 heteroatoms. The van der Waals surface area contributed by atoms with Gasteiger partial charge in [0.25, 0.3) is 0 Å². The molecule has 0 atom stereocenters. The number of amides is 1. The number of hydrogen-bond acceptors (Lipinski definition) is 3. The second kappa shape index (κ2) is 4.70. The van der Waals surface area contributed by atoms with Gasteiger partial charge >= 0.3 is 0 Å². The molecule has 0 radical (unpaired) electrons. The smallest absolute Gasteiger partial charge is 0.241 e. The summed E-state index contributed by atoms with van der Waals surface area (Å²) in [5.74, 6) is 1.14. The summed E-state index contributed by atoms with van der Waals surface area (Å²) in [6, 6.07) is 0. The zero-order valence-electron chi connectivity index (χ0n) is 9.90. The summed E-state index contributed by atoms with van der Waals surface area (Å²) in [4.78, 5) is 15.8. The van der Waals surface area contributed by atoms with E-state index in [-0.39, 0.29) is 5.91 Å². The van der Waals surface area contributed by atoms with Gasteiger partial charge in [-0.05, 0) is 19.5 Å². The van der Waals surface area contributed by atoms with Crippen molar-refractivity contribution in [3.63, 3.8) is 0 Å². The SMILES string of the molecule is COC1=CC(N2CCN(C)CC2=O)=CCC1. The van der Waals surface area contributed by atoms with Gasteiger partial charge < -0.3 is 9.64 Å². The Labute approximate surface area is 96.2 Å². The van der Waals surface area contributed by atoms with Crippen LogP contribution in [0.4, 0.5) is 0 Å². The Bertz CT molecular complexity index is 347. The molecule has 16 heavy (non-hydrogen) atoms. The van der Waals surface area contributed by atoms with Crippen molar-refractivity contribution in [2.75, 3.05) is 33.8 Å². The van der Waals surface area contributed by atoms with Crippen LogP contribution in [-0.4, -0.2) is 49.5 Å². The highest BCUT2D eigenvalue weighted by molar-refractivity contribution is 5.81. The number of nitrogens with zero attached hydrogens (tertiary/aromatic N) is 2. The van der Waals surface area contributed by atoms with Crippen LogP contribution in [0.25, 0.3) is 0 Å². The van der Waals surface area contributed by atoms with E-state index in [0.717, 1.165) is 37.4 Å². The van der Waals surface area contributed by atoms with Gasteiger partial charge in [-0.15, -0.1) is 0 Å². The average molecular weight is 222 g/mol. The minimum Gasteiger partial charge on any atom is -0.501 e. The Hall–Kier alpha value is -1.29. The van der Waals surface area contributed by atoms with E-state index in [0.29, 0.717) is 6.54 Å². The molecule has 1 aliphatic heterocycles. The molecule has 0 aromatic rings. The average Bonchev–Trinajstić information content (AvgIpc) is 2.29. The normalized spacial score (nSPS) is 22.9. The molecule has 0 aromatic carbocycles. The topological polar surface area (TPSA) is 32.8 Å². The van der Waals surface area contributed by atoms with Crippen molar-refractivity contribution in [3.05, 3.63) is 23.6 Å². The first kappa shape index (κ1) is 11.2. The van der Waals surface area contributed by atoms with E-state index >= 15 is 0 Å². The van der Waals surface area contributed by atoms with Gasteiger partial charge in [0.15, 0.2) is 0 Å². The van der Waals surface area contributed by atoms with E-state index in [9.17, 15) is 4.79 Å². The number of likely N-dealkylation sites (N-methyl/N-ethyl adjacent to an activating group) is 1. The van der Waals surface area contributed by atoms with E-state index in [1.807, 2.05) is 22.9 Å². The van der Waals surface area contributed by atoms with Crippen molar-refractivity contribution in [1.82, 2.24) is 9.80 Å². The lowest BCUT2D eigenvalue weighted by Crippen LogP contribution is -2.48. The first-order chi connectivity index (χ1) is 7.70. The minimum atomic E-state index is 0.175. The predicted octanol–water partition coefficient (Wildman–Crippen LogP) is 0.968. The molecular formula is C12H18N2O2. The minimum absolute atomic E-state index is 0.175. The zero-order valence-corrected chi connectivity index (χ0v) is 9.90. The van der Waals surface area contributed by atoms with E-state index in [4.69, 9.17) is 4.74 Å². The molecule has 1 aliphatic carbocycles. The summed E-state index contributed by atoms with van der Waals surface area (Å²) >= 11 is 0. The summed E-state index contributed by atoms with van der Waals surface area (Å²) in [6.07, 6.45) is 5.98. The molecule has 88 valence electrons. The van der Waals surface area contributed by atoms with Crippen molar-refractivity contribution in [2.45, 2.75) is 12.8 Å². The van der Waals surface area contributed by atoms with Crippen LogP contribution in [0, 0.1) is 0 Å². The number of carbonyl (C=O) groups excluding carboxylic acids is 1. The summed E-state index contributed by atoms with van der Waals surface area (Å²) in [7, 11) is 3.65. The molecule has 2 rings (SSSR count). The van der Waals surface area contributed by atoms with Crippen LogP contribution >= 0.6 is 0 Å². The second-order valence-electron chi connectivity index (χ2n) is 4.27. The highest BCUT2D eigenvalue weighted by Gasteiger charge is 2.24. The van der Waals surface area contributed by atoms with E-state index in [1.165, 1.54) is 0 Å². The van der Waals surface area contributed by atoms with E-state index < -0.39 is 0 Å². The molecule has 4 nitrogen and oxygen atoms in total. The van der Waals surface area contributed by atoms with Gasteiger partial charge in [-0.3, -0.25) is 9.69 Å². The lowest BCUT2D eigenvalue weighted by molar-refractivity contribution is -0.132. The fraction of sp³-hybridized carbons (Fsp3) is 0.583. The number of rotatable bonds is 2. The number of ether oxygens (including phenoxy) is 1. The van der Waals surface area contributed by atoms with Gasteiger partial charge in [0, 0.05) is 25.2 Å². The van der Waals surface area contributed by atoms with Crippen LogP contribution in [0.15, 0.2) is 23.6 Å². The lowest BCUT2D eigenvalue weighted by Gasteiger charge is -2.33. The molecule has 1 fully saturated rings. The fourth-order valence-corrected chi connectivity index (χ4v) is 2.07. The second-order valence-corrected chi connectivity index (χ2v) is 4.27. The van der Waals surface area contributed by atoms with Crippen LogP contribution in [0.5, 0.6) is 0 Å². The highest BCUT2D eigenvalue weighted by Crippen LogP contribution is 2.21. The van der Waals surface area contributed by atoms with E-state index in [2.05, 4.69) is 6.08 Å². The van der Waals surface area contributed by atoms with Gasteiger partial charge in [-0.1, -0.05) is 6.08 Å². The molecule has 0 aromatic heterocycles. The lowest BCUT2D eigenvalue weighted by atomic mass is 10.1. The molecule has 1 amide bonds. The molecule has 1 saturated heterocycles. The maximum Gasteiger partial charge on any atom is 0.241 e. The standard InChI is InChI=1S/C12H18N2O2/c1-13-6-7-14(12(15)9-13)10-4-3-5-11(8-10)16-2/h4,8H,3,5-7,9H2,1-2H3. The first-order valence-electron chi connectivity index (χ1n) is 5.64. The predicted molar refractivity (Wildman–Crippen MR) is 61.6 cm³/mol. The third kappa shape index (κ3) is 2.27. The quantitative estimate of drug-likeness (QED) is 0.698. The van der Waals surface area contributed by atoms with Gasteiger partial charge in [0.2, 0.25) is 5.91 Å². The van der Waals surface area contributed by atoms with Crippen LogP contribution in [-0.2, 0) is 9.53 Å². The van der Waals surface area contributed by atoms with Crippen molar-refractivity contribution < 1.29 is 9.53 Å². The van der Waals surface area contributed by atoms with Crippen LogP contribution in [0.3, 0.4) is 0 Å².